The lowest BCUT2D eigenvalue weighted by molar-refractivity contribution is 0.0551. The molecule has 20 heteroatoms. The summed E-state index contributed by atoms with van der Waals surface area (Å²) in [6.45, 7) is 0.406. The molecule has 9 heterocycles. The van der Waals surface area contributed by atoms with Crippen molar-refractivity contribution in [3.63, 3.8) is 0 Å². The van der Waals surface area contributed by atoms with Crippen LogP contribution in [0.1, 0.15) is 99.5 Å². The van der Waals surface area contributed by atoms with Crippen molar-refractivity contribution in [1.82, 2.24) is 39.5 Å². The maximum absolute atomic E-state index is 13.8. The standard InChI is InChI=1S/C62H46Cl4N8O8/c1-79-59(75)51-45-25-37-39(27-73(45)71-57(51)61(77)81-3)55-49(31-9-17-35(65)18-10-31)43-24-22-42(68-43)48(30-7-15-34(64)16-8-30)54-38-26-46-52(60(76)80-2)58(62(78)82-4)72-74(46)28-40(38)56(70-54)50(32-11-19-36(66)20-12-32)44-23-21-41(67-44)47(53(37)69-55)29-5-13-33(63)14-6-29/h5-24,37-40,67-68H,25-28H2,1-4H3. The number of carbonyl (C=O) groups excluding carboxylic acids is 4. The quantitative estimate of drug-likeness (QED) is 0.108. The Morgan fingerprint density at radius 1 is 0.402 bits per heavy atom. The van der Waals surface area contributed by atoms with Gasteiger partial charge in [-0.3, -0.25) is 19.3 Å². The number of fused-ring (bicyclic) bond motifs is 16. The first-order valence-electron chi connectivity index (χ1n) is 26.1. The Morgan fingerprint density at radius 2 is 0.671 bits per heavy atom. The molecule has 2 N–H and O–H groups in total. The second-order valence-electron chi connectivity index (χ2n) is 20.4. The highest BCUT2D eigenvalue weighted by Gasteiger charge is 2.46. The van der Waals surface area contributed by atoms with E-state index in [1.165, 1.54) is 28.4 Å². The minimum Gasteiger partial charge on any atom is -0.465 e. The summed E-state index contributed by atoms with van der Waals surface area (Å²) in [5, 5.41) is 11.7. The highest BCUT2D eigenvalue weighted by Crippen LogP contribution is 2.53. The van der Waals surface area contributed by atoms with Gasteiger partial charge in [-0.25, -0.2) is 19.2 Å². The van der Waals surface area contributed by atoms with Crippen LogP contribution in [0.3, 0.4) is 0 Å². The van der Waals surface area contributed by atoms with Gasteiger partial charge in [-0.2, -0.15) is 10.2 Å². The smallest absolute Gasteiger partial charge is 0.359 e. The Kier molecular flexibility index (Phi) is 13.4. The molecule has 0 radical (unpaired) electrons. The number of hydrogen-bond donors (Lipinski definition) is 2. The Morgan fingerprint density at radius 3 is 0.939 bits per heavy atom. The van der Waals surface area contributed by atoms with Gasteiger partial charge in [0.25, 0.3) is 0 Å². The Labute approximate surface area is 487 Å². The second kappa shape index (κ2) is 20.8. The van der Waals surface area contributed by atoms with Crippen molar-refractivity contribution in [2.75, 3.05) is 28.4 Å². The summed E-state index contributed by atoms with van der Waals surface area (Å²) in [7, 11) is 5.03. The van der Waals surface area contributed by atoms with E-state index in [2.05, 4.69) is 9.97 Å². The van der Waals surface area contributed by atoms with E-state index in [1.807, 2.05) is 121 Å². The molecule has 0 amide bonds. The number of benzene rings is 4. The first kappa shape index (κ1) is 52.8. The number of methoxy groups -OCH3 is 4. The lowest BCUT2D eigenvalue weighted by atomic mass is 9.79. The second-order valence-corrected chi connectivity index (χ2v) is 22.1. The fraction of sp³-hybridized carbons (Fsp3) is 0.194. The molecule has 0 saturated carbocycles. The minimum atomic E-state index is -0.775. The fourth-order valence-corrected chi connectivity index (χ4v) is 12.9. The maximum atomic E-state index is 13.8. The van der Waals surface area contributed by atoms with E-state index in [0.29, 0.717) is 76.3 Å². The molecule has 4 aliphatic heterocycles. The third-order valence-electron chi connectivity index (χ3n) is 16.1. The fourth-order valence-electron chi connectivity index (χ4n) is 12.4. The average molecular weight is 1170 g/mol. The summed E-state index contributed by atoms with van der Waals surface area (Å²) in [6.07, 6.45) is 0.436. The van der Waals surface area contributed by atoms with Crippen molar-refractivity contribution in [3.05, 3.63) is 198 Å². The Bertz CT molecular complexity index is 4040. The zero-order valence-corrected chi connectivity index (χ0v) is 47.2. The molecule has 9 aromatic rings. The van der Waals surface area contributed by atoms with Gasteiger partial charge < -0.3 is 28.9 Å². The average Bonchev–Trinajstić information content (AvgIpc) is 4.54. The van der Waals surface area contributed by atoms with Crippen LogP contribution in [-0.4, -0.2) is 91.8 Å². The van der Waals surface area contributed by atoms with E-state index in [4.69, 9.17) is 85.5 Å². The number of hydrogen-bond acceptors (Lipinski definition) is 12. The molecule has 4 atom stereocenters. The normalized spacial score (nSPS) is 16.8. The number of carbonyl (C=O) groups is 4. The van der Waals surface area contributed by atoms with Gasteiger partial charge >= 0.3 is 23.9 Å². The number of aromatic nitrogens is 8. The number of halogens is 4. The molecular weight excluding hydrogens is 1130 g/mol. The molecular formula is C62H46Cl4N8O8. The van der Waals surface area contributed by atoms with E-state index < -0.39 is 47.5 Å². The van der Waals surface area contributed by atoms with E-state index in [-0.39, 0.29) is 48.4 Å². The summed E-state index contributed by atoms with van der Waals surface area (Å²) < 4.78 is 24.4. The molecule has 5 aromatic heterocycles. The van der Waals surface area contributed by atoms with Gasteiger partial charge in [0.05, 0.1) is 75.7 Å². The van der Waals surface area contributed by atoms with Crippen LogP contribution in [0.5, 0.6) is 0 Å². The van der Waals surface area contributed by atoms with Gasteiger partial charge in [0, 0.05) is 88.1 Å². The molecule has 0 aliphatic carbocycles. The SMILES string of the molecule is COC(=O)c1nn2c(c1C(=O)OC)CC1c3nc(c(-c4ccc(Cl)cc4)c4ccc([nH]4)c(-c4ccc(Cl)cc4)c4nc(c(-c5ccc(Cl)cc5)c5ccc([nH]5)c3-c3ccc(Cl)cc3)C3Cn5nc(C(=O)OC)c(C(=O)OC)c5CC43)C1C2. The molecule has 410 valence electrons. The van der Waals surface area contributed by atoms with E-state index in [0.717, 1.165) is 44.5 Å². The molecule has 13 rings (SSSR count). The first-order chi connectivity index (χ1) is 39.7. The van der Waals surface area contributed by atoms with Crippen LogP contribution in [0.4, 0.5) is 0 Å². The Hall–Kier alpha value is -8.54. The predicted molar refractivity (Wildman–Crippen MR) is 311 cm³/mol. The molecule has 4 unspecified atom stereocenters. The third kappa shape index (κ3) is 8.74. The summed E-state index contributed by atoms with van der Waals surface area (Å²) in [5.74, 6) is -4.68. The van der Waals surface area contributed by atoms with Crippen LogP contribution in [-0.2, 0) is 44.9 Å². The number of ether oxygens (including phenoxy) is 4. The van der Waals surface area contributed by atoms with Crippen molar-refractivity contribution in [2.45, 2.75) is 49.6 Å². The summed E-state index contributed by atoms with van der Waals surface area (Å²) in [5.41, 5.74) is 12.5. The summed E-state index contributed by atoms with van der Waals surface area (Å²) in [4.78, 5) is 74.0. The molecule has 0 saturated heterocycles. The van der Waals surface area contributed by atoms with Crippen LogP contribution in [0, 0.1) is 0 Å². The van der Waals surface area contributed by atoms with Gasteiger partial charge in [0.2, 0.25) is 0 Å². The van der Waals surface area contributed by atoms with Gasteiger partial charge in [0.15, 0.2) is 11.4 Å². The van der Waals surface area contributed by atoms with E-state index in [1.54, 1.807) is 9.36 Å². The molecule has 8 bridgehead atoms. The highest BCUT2D eigenvalue weighted by atomic mass is 35.5. The third-order valence-corrected chi connectivity index (χ3v) is 17.1. The zero-order chi connectivity index (χ0) is 56.8. The number of rotatable bonds is 8. The van der Waals surface area contributed by atoms with E-state index >= 15 is 0 Å². The van der Waals surface area contributed by atoms with Crippen LogP contribution in [0.2, 0.25) is 20.1 Å². The van der Waals surface area contributed by atoms with Crippen molar-refractivity contribution in [1.29, 1.82) is 0 Å². The number of H-pyrrole nitrogens is 2. The maximum Gasteiger partial charge on any atom is 0.359 e. The molecule has 0 fully saturated rings. The minimum absolute atomic E-state index is 0.0252. The Balaban J connectivity index is 1.21. The first-order valence-corrected chi connectivity index (χ1v) is 27.6. The van der Waals surface area contributed by atoms with Crippen molar-refractivity contribution < 1.29 is 38.1 Å². The van der Waals surface area contributed by atoms with Crippen molar-refractivity contribution in [2.24, 2.45) is 0 Å². The molecule has 16 nitrogen and oxygen atoms in total. The number of esters is 4. The molecule has 0 spiro atoms. The van der Waals surface area contributed by atoms with Crippen molar-refractivity contribution in [3.8, 4) is 44.5 Å². The largest absolute Gasteiger partial charge is 0.465 e. The predicted octanol–water partition coefficient (Wildman–Crippen LogP) is 13.4. The van der Waals surface area contributed by atoms with Gasteiger partial charge in [0.1, 0.15) is 11.1 Å². The van der Waals surface area contributed by atoms with Crippen LogP contribution >= 0.6 is 46.4 Å². The molecule has 4 aromatic carbocycles. The molecule has 82 heavy (non-hydrogen) atoms. The summed E-state index contributed by atoms with van der Waals surface area (Å²) in [6, 6.07) is 38.4. The van der Waals surface area contributed by atoms with Crippen LogP contribution < -0.4 is 0 Å². The van der Waals surface area contributed by atoms with Crippen molar-refractivity contribution >= 4 is 92.3 Å². The lowest BCUT2D eigenvalue weighted by Crippen LogP contribution is -2.26. The van der Waals surface area contributed by atoms with Gasteiger partial charge in [-0.15, -0.1) is 0 Å². The number of nitrogens with zero attached hydrogens (tertiary/aromatic N) is 6. The van der Waals surface area contributed by atoms with Crippen LogP contribution in [0.25, 0.3) is 66.6 Å². The highest BCUT2D eigenvalue weighted by molar-refractivity contribution is 6.31. The number of aromatic amines is 2. The van der Waals surface area contributed by atoms with E-state index in [9.17, 15) is 19.2 Å². The monoisotopic (exact) mass is 1170 g/mol. The topological polar surface area (TPSA) is 198 Å². The molecule has 4 aliphatic rings. The van der Waals surface area contributed by atoms with Gasteiger partial charge in [-0.1, -0.05) is 94.9 Å². The summed E-state index contributed by atoms with van der Waals surface area (Å²) >= 11 is 26.6. The lowest BCUT2D eigenvalue weighted by Gasteiger charge is -2.29. The zero-order valence-electron chi connectivity index (χ0n) is 44.1. The van der Waals surface area contributed by atoms with Gasteiger partial charge in [-0.05, 0) is 108 Å². The number of nitrogens with one attached hydrogen (secondary N) is 2. The van der Waals surface area contributed by atoms with Crippen LogP contribution in [0.15, 0.2) is 121 Å².